The van der Waals surface area contributed by atoms with E-state index >= 15 is 0 Å². The molecule has 29 heavy (non-hydrogen) atoms. The maximum atomic E-state index is 12.2. The van der Waals surface area contributed by atoms with Crippen LogP contribution in [0.5, 0.6) is 0 Å². The smallest absolute Gasteiger partial charge is 0.289 e. The van der Waals surface area contributed by atoms with Gasteiger partial charge in [-0.2, -0.15) is 10.2 Å². The molecule has 1 aromatic heterocycles. The van der Waals surface area contributed by atoms with Crippen LogP contribution >= 0.6 is 0 Å². The molecule has 0 fully saturated rings. The van der Waals surface area contributed by atoms with Gasteiger partial charge in [0.1, 0.15) is 11.4 Å². The molecule has 8 heteroatoms. The quantitative estimate of drug-likeness (QED) is 0.493. The minimum absolute atomic E-state index is 0. The van der Waals surface area contributed by atoms with E-state index in [4.69, 9.17) is 0 Å². The summed E-state index contributed by atoms with van der Waals surface area (Å²) in [6.07, 6.45) is 3.04. The molecule has 0 spiro atoms. The Hall–Kier alpha value is -4.17. The van der Waals surface area contributed by atoms with Gasteiger partial charge in [0.2, 0.25) is 0 Å². The van der Waals surface area contributed by atoms with Crippen molar-refractivity contribution in [3.05, 3.63) is 101 Å². The van der Waals surface area contributed by atoms with Gasteiger partial charge in [-0.1, -0.05) is 66.7 Å². The fourth-order valence-corrected chi connectivity index (χ4v) is 2.21. The number of pyridine rings is 1. The number of hydrogen-bond donors (Lipinski definition) is 2. The van der Waals surface area contributed by atoms with Crippen LogP contribution in [-0.2, 0) is 0 Å². The third-order valence-corrected chi connectivity index (χ3v) is 3.57. The van der Waals surface area contributed by atoms with Crippen LogP contribution in [0.3, 0.4) is 0 Å². The summed E-state index contributed by atoms with van der Waals surface area (Å²) in [7, 11) is 0. The molecule has 0 aliphatic carbocycles. The lowest BCUT2D eigenvalue weighted by molar-refractivity contribution is 0.0945. The lowest BCUT2D eigenvalue weighted by Gasteiger charge is -2.02. The summed E-state index contributed by atoms with van der Waals surface area (Å²) in [5, 5.41) is 7.77. The third kappa shape index (κ3) is 6.49. The molecule has 0 radical (unpaired) electrons. The number of nitrogens with one attached hydrogen (secondary N) is 2. The Balaban J connectivity index is 0.00000300. The van der Waals surface area contributed by atoms with Gasteiger partial charge >= 0.3 is 0 Å². The molecule has 8 nitrogen and oxygen atoms in total. The van der Waals surface area contributed by atoms with Crippen molar-refractivity contribution in [2.75, 3.05) is 0 Å². The Morgan fingerprint density at radius 3 is 1.48 bits per heavy atom. The molecule has 0 unspecified atom stereocenters. The summed E-state index contributed by atoms with van der Waals surface area (Å²) in [5.74, 6) is -1.04. The van der Waals surface area contributed by atoms with Crippen LogP contribution in [0.2, 0.25) is 0 Å². The Morgan fingerprint density at radius 2 is 1.07 bits per heavy atom. The highest BCUT2D eigenvalue weighted by Gasteiger charge is 2.11. The topological polar surface area (TPSA) is 127 Å². The van der Waals surface area contributed by atoms with Crippen molar-refractivity contribution in [1.29, 1.82) is 0 Å². The summed E-state index contributed by atoms with van der Waals surface area (Å²) in [6.45, 7) is 0. The number of carbonyl (C=O) groups excluding carboxylic acids is 2. The molecule has 2 aromatic carbocycles. The number of nitrogens with zero attached hydrogens (tertiary/aromatic N) is 3. The van der Waals surface area contributed by atoms with Gasteiger partial charge in [-0.3, -0.25) is 9.59 Å². The van der Waals surface area contributed by atoms with Gasteiger partial charge < -0.3 is 5.48 Å². The first kappa shape index (κ1) is 21.1. The molecule has 2 amide bonds. The summed E-state index contributed by atoms with van der Waals surface area (Å²) in [5.41, 5.74) is 6.61. The number of hydrogen-bond acceptors (Lipinski definition) is 5. The van der Waals surface area contributed by atoms with Crippen LogP contribution in [-0.4, -0.2) is 34.7 Å². The van der Waals surface area contributed by atoms with E-state index in [0.717, 1.165) is 11.1 Å². The van der Waals surface area contributed by atoms with E-state index in [2.05, 4.69) is 26.0 Å². The monoisotopic (exact) mass is 389 g/mol. The van der Waals surface area contributed by atoms with Gasteiger partial charge in [0.15, 0.2) is 0 Å². The van der Waals surface area contributed by atoms with Gasteiger partial charge in [-0.05, 0) is 23.3 Å². The fourth-order valence-electron chi connectivity index (χ4n) is 2.21. The standard InChI is InChI=1S/C21H17N5O2.H2O/c27-20(25-22-14-16-8-3-1-4-9-16)18-12-7-13-19(24-18)21(28)26-23-15-17-10-5-2-6-11-17;/h1-15H,(H,25,27)(H,26,28);1H2/b22-14+,23-15+;. The molecular weight excluding hydrogens is 370 g/mol. The number of aromatic nitrogens is 1. The SMILES string of the molecule is O.O=C(N/N=C/c1ccccc1)c1cccc(C(=O)N/N=C/c2ccccc2)n1. The second kappa shape index (κ2) is 10.9. The van der Waals surface area contributed by atoms with Gasteiger partial charge in [-0.25, -0.2) is 15.8 Å². The number of amides is 2. The number of rotatable bonds is 6. The van der Waals surface area contributed by atoms with E-state index in [0.29, 0.717) is 0 Å². The first-order valence-electron chi connectivity index (χ1n) is 8.46. The van der Waals surface area contributed by atoms with Gasteiger partial charge in [-0.15, -0.1) is 0 Å². The van der Waals surface area contributed by atoms with E-state index in [1.165, 1.54) is 24.6 Å². The molecule has 4 N–H and O–H groups in total. The van der Waals surface area contributed by atoms with Crippen LogP contribution < -0.4 is 10.9 Å². The maximum absolute atomic E-state index is 12.2. The number of hydrazone groups is 2. The third-order valence-electron chi connectivity index (χ3n) is 3.57. The van der Waals surface area contributed by atoms with Gasteiger partial charge in [0.05, 0.1) is 12.4 Å². The second-order valence-electron chi connectivity index (χ2n) is 5.63. The summed E-state index contributed by atoms with van der Waals surface area (Å²) < 4.78 is 0. The second-order valence-corrected chi connectivity index (χ2v) is 5.63. The fraction of sp³-hybridized carbons (Fsp3) is 0. The van der Waals surface area contributed by atoms with Crippen LogP contribution in [0.25, 0.3) is 0 Å². The van der Waals surface area contributed by atoms with E-state index in [1.807, 2.05) is 60.7 Å². The van der Waals surface area contributed by atoms with Crippen molar-refractivity contribution >= 4 is 24.2 Å². The van der Waals surface area contributed by atoms with Crippen LogP contribution in [0.1, 0.15) is 32.1 Å². The van der Waals surface area contributed by atoms with Crippen LogP contribution in [0.4, 0.5) is 0 Å². The van der Waals surface area contributed by atoms with E-state index in [1.54, 1.807) is 6.07 Å². The highest BCUT2D eigenvalue weighted by molar-refractivity contribution is 5.97. The first-order valence-corrected chi connectivity index (χ1v) is 8.46. The molecule has 0 saturated heterocycles. The number of benzene rings is 2. The van der Waals surface area contributed by atoms with E-state index in [9.17, 15) is 9.59 Å². The van der Waals surface area contributed by atoms with Crippen LogP contribution in [0.15, 0.2) is 89.1 Å². The van der Waals surface area contributed by atoms with Crippen molar-refractivity contribution in [2.24, 2.45) is 10.2 Å². The first-order chi connectivity index (χ1) is 13.7. The minimum atomic E-state index is -0.519. The Bertz CT molecular complexity index is 926. The van der Waals surface area contributed by atoms with Gasteiger partial charge in [0.25, 0.3) is 11.8 Å². The van der Waals surface area contributed by atoms with Crippen molar-refractivity contribution in [2.45, 2.75) is 0 Å². The predicted molar refractivity (Wildman–Crippen MR) is 111 cm³/mol. The van der Waals surface area contributed by atoms with Crippen molar-refractivity contribution in [3.63, 3.8) is 0 Å². The molecule has 0 aliphatic heterocycles. The van der Waals surface area contributed by atoms with Crippen molar-refractivity contribution in [3.8, 4) is 0 Å². The molecule has 3 rings (SSSR count). The average molecular weight is 389 g/mol. The Labute approximate surface area is 167 Å². The zero-order chi connectivity index (χ0) is 19.6. The van der Waals surface area contributed by atoms with Crippen molar-refractivity contribution in [1.82, 2.24) is 15.8 Å². The Kier molecular flexibility index (Phi) is 7.91. The number of carbonyl (C=O) groups is 2. The summed E-state index contributed by atoms with van der Waals surface area (Å²) in [6, 6.07) is 23.2. The molecule has 0 bridgehead atoms. The minimum Gasteiger partial charge on any atom is -0.412 e. The average Bonchev–Trinajstić information content (AvgIpc) is 2.75. The normalized spacial score (nSPS) is 10.5. The van der Waals surface area contributed by atoms with Crippen LogP contribution in [0, 0.1) is 0 Å². The zero-order valence-electron chi connectivity index (χ0n) is 15.3. The van der Waals surface area contributed by atoms with Crippen molar-refractivity contribution < 1.29 is 15.1 Å². The predicted octanol–water partition coefficient (Wildman–Crippen LogP) is 1.78. The highest BCUT2D eigenvalue weighted by Crippen LogP contribution is 2.01. The molecule has 0 saturated carbocycles. The largest absolute Gasteiger partial charge is 0.412 e. The van der Waals surface area contributed by atoms with E-state index < -0.39 is 11.8 Å². The van der Waals surface area contributed by atoms with Gasteiger partial charge in [0, 0.05) is 0 Å². The lowest BCUT2D eigenvalue weighted by Crippen LogP contribution is -2.23. The molecule has 0 atom stereocenters. The zero-order valence-corrected chi connectivity index (χ0v) is 15.3. The van der Waals surface area contributed by atoms with E-state index in [-0.39, 0.29) is 16.9 Å². The molecule has 0 aliphatic rings. The highest BCUT2D eigenvalue weighted by atomic mass is 16.2. The molecule has 146 valence electrons. The molecule has 3 aromatic rings. The molecule has 1 heterocycles. The molecular formula is C21H19N5O3. The maximum Gasteiger partial charge on any atom is 0.289 e. The summed E-state index contributed by atoms with van der Waals surface area (Å²) in [4.78, 5) is 28.4. The Morgan fingerprint density at radius 1 is 0.655 bits per heavy atom. The lowest BCUT2D eigenvalue weighted by atomic mass is 10.2. The summed E-state index contributed by atoms with van der Waals surface area (Å²) >= 11 is 0.